The summed E-state index contributed by atoms with van der Waals surface area (Å²) in [7, 11) is 0. The molecule has 1 saturated heterocycles. The van der Waals surface area contributed by atoms with Crippen LogP contribution in [0.5, 0.6) is 0 Å². The van der Waals surface area contributed by atoms with Crippen LogP contribution in [0.4, 0.5) is 0 Å². The fourth-order valence-corrected chi connectivity index (χ4v) is 3.24. The van der Waals surface area contributed by atoms with Crippen LogP contribution < -0.4 is 5.32 Å². The lowest BCUT2D eigenvalue weighted by Gasteiger charge is -2.33. The van der Waals surface area contributed by atoms with Crippen molar-refractivity contribution < 1.29 is 4.79 Å². The Balaban J connectivity index is 1.46. The number of ketones is 1. The molecule has 1 aliphatic heterocycles. The number of rotatable bonds is 4. The lowest BCUT2D eigenvalue weighted by atomic mass is 10.00. The maximum absolute atomic E-state index is 11.4. The monoisotopic (exact) mass is 284 g/mol. The molecule has 1 N–H and O–H groups in total. The van der Waals surface area contributed by atoms with E-state index in [9.17, 15) is 4.79 Å². The van der Waals surface area contributed by atoms with Gasteiger partial charge in [0.05, 0.1) is 0 Å². The van der Waals surface area contributed by atoms with E-state index < -0.39 is 0 Å². The third kappa shape index (κ3) is 4.18. The van der Waals surface area contributed by atoms with Gasteiger partial charge in [0.2, 0.25) is 0 Å². The molecule has 3 heteroatoms. The van der Waals surface area contributed by atoms with E-state index in [0.717, 1.165) is 44.6 Å². The van der Waals surface area contributed by atoms with Crippen molar-refractivity contribution in [3.05, 3.63) is 47.7 Å². The number of allylic oxidation sites excluding steroid dienone is 2. The largest absolute Gasteiger partial charge is 0.385 e. The zero-order valence-corrected chi connectivity index (χ0v) is 12.6. The Bertz CT molecular complexity index is 501. The summed E-state index contributed by atoms with van der Waals surface area (Å²) in [4.78, 5) is 14.0. The van der Waals surface area contributed by atoms with E-state index in [0.29, 0.717) is 6.04 Å². The number of piperidine rings is 1. The predicted molar refractivity (Wildman–Crippen MR) is 84.8 cm³/mol. The van der Waals surface area contributed by atoms with Crippen LogP contribution in [0.1, 0.15) is 37.7 Å². The van der Waals surface area contributed by atoms with Crippen molar-refractivity contribution in [1.82, 2.24) is 10.2 Å². The zero-order valence-electron chi connectivity index (χ0n) is 12.6. The molecule has 2 aliphatic rings. The zero-order chi connectivity index (χ0) is 14.5. The van der Waals surface area contributed by atoms with E-state index in [-0.39, 0.29) is 5.78 Å². The Kier molecular flexibility index (Phi) is 4.71. The first kappa shape index (κ1) is 14.3. The molecule has 1 aliphatic carbocycles. The van der Waals surface area contributed by atoms with Gasteiger partial charge in [-0.2, -0.15) is 0 Å². The fraction of sp³-hybridized carbons (Fsp3) is 0.500. The van der Waals surface area contributed by atoms with Crippen molar-refractivity contribution in [2.24, 2.45) is 0 Å². The van der Waals surface area contributed by atoms with Crippen LogP contribution in [0.2, 0.25) is 0 Å². The van der Waals surface area contributed by atoms with Gasteiger partial charge >= 0.3 is 0 Å². The Labute approximate surface area is 127 Å². The minimum Gasteiger partial charge on any atom is -0.385 e. The van der Waals surface area contributed by atoms with Crippen molar-refractivity contribution in [3.63, 3.8) is 0 Å². The molecule has 0 aromatic heterocycles. The van der Waals surface area contributed by atoms with Crippen molar-refractivity contribution in [2.45, 2.75) is 44.7 Å². The molecule has 0 radical (unpaired) electrons. The molecular formula is C18H24N2O. The van der Waals surface area contributed by atoms with E-state index in [1.54, 1.807) is 0 Å². The first-order valence-corrected chi connectivity index (χ1v) is 8.06. The highest BCUT2D eigenvalue weighted by molar-refractivity contribution is 5.91. The summed E-state index contributed by atoms with van der Waals surface area (Å²) in [5, 5.41) is 3.59. The second-order valence-electron chi connectivity index (χ2n) is 6.17. The standard InChI is InChI=1S/C18H24N2O/c21-18-8-4-7-17(13-18)19-16-9-11-20(12-10-16)14-15-5-2-1-3-6-15/h1-3,5-6,13,16,19H,4,7-12,14H2. The van der Waals surface area contributed by atoms with Crippen molar-refractivity contribution >= 4 is 5.78 Å². The smallest absolute Gasteiger partial charge is 0.157 e. The van der Waals surface area contributed by atoms with Crippen molar-refractivity contribution in [2.75, 3.05) is 13.1 Å². The summed E-state index contributed by atoms with van der Waals surface area (Å²) >= 11 is 0. The van der Waals surface area contributed by atoms with E-state index >= 15 is 0 Å². The van der Waals surface area contributed by atoms with Crippen LogP contribution in [-0.4, -0.2) is 29.8 Å². The van der Waals surface area contributed by atoms with Gasteiger partial charge in [0.1, 0.15) is 0 Å². The number of likely N-dealkylation sites (tertiary alicyclic amines) is 1. The maximum Gasteiger partial charge on any atom is 0.157 e. The lowest BCUT2D eigenvalue weighted by molar-refractivity contribution is -0.115. The van der Waals surface area contributed by atoms with E-state index in [2.05, 4.69) is 40.5 Å². The first-order chi connectivity index (χ1) is 10.3. The molecule has 3 rings (SSSR count). The molecule has 3 nitrogen and oxygen atoms in total. The Morgan fingerprint density at radius 2 is 1.86 bits per heavy atom. The average molecular weight is 284 g/mol. The number of hydrogen-bond acceptors (Lipinski definition) is 3. The number of nitrogens with one attached hydrogen (secondary N) is 1. The van der Waals surface area contributed by atoms with E-state index in [4.69, 9.17) is 0 Å². The third-order valence-electron chi connectivity index (χ3n) is 4.43. The van der Waals surface area contributed by atoms with Gasteiger partial charge in [0.15, 0.2) is 5.78 Å². The fourth-order valence-electron chi connectivity index (χ4n) is 3.24. The highest BCUT2D eigenvalue weighted by Crippen LogP contribution is 2.18. The van der Waals surface area contributed by atoms with Crippen LogP contribution in [0.15, 0.2) is 42.1 Å². The topological polar surface area (TPSA) is 32.3 Å². The Morgan fingerprint density at radius 1 is 1.10 bits per heavy atom. The van der Waals surface area contributed by atoms with Crippen LogP contribution >= 0.6 is 0 Å². The van der Waals surface area contributed by atoms with Gasteiger partial charge in [-0.15, -0.1) is 0 Å². The second kappa shape index (κ2) is 6.90. The van der Waals surface area contributed by atoms with Crippen LogP contribution in [0, 0.1) is 0 Å². The molecule has 0 amide bonds. The predicted octanol–water partition coefficient (Wildman–Crippen LogP) is 2.88. The average Bonchev–Trinajstić information content (AvgIpc) is 2.50. The number of benzene rings is 1. The molecule has 0 saturated carbocycles. The van der Waals surface area contributed by atoms with Crippen molar-refractivity contribution in [3.8, 4) is 0 Å². The van der Waals surface area contributed by atoms with Gasteiger partial charge in [-0.3, -0.25) is 9.69 Å². The lowest BCUT2D eigenvalue weighted by Crippen LogP contribution is -2.42. The molecule has 21 heavy (non-hydrogen) atoms. The number of carbonyl (C=O) groups is 1. The van der Waals surface area contributed by atoms with Gasteiger partial charge in [-0.05, 0) is 31.2 Å². The molecule has 0 spiro atoms. The van der Waals surface area contributed by atoms with Gasteiger partial charge < -0.3 is 5.32 Å². The molecule has 1 aromatic carbocycles. The molecule has 1 heterocycles. The molecular weight excluding hydrogens is 260 g/mol. The van der Waals surface area contributed by atoms with E-state index in [1.807, 2.05) is 6.08 Å². The highest BCUT2D eigenvalue weighted by Gasteiger charge is 2.20. The molecule has 1 aromatic rings. The number of hydrogen-bond donors (Lipinski definition) is 1. The number of nitrogens with zero attached hydrogens (tertiary/aromatic N) is 1. The van der Waals surface area contributed by atoms with Gasteiger partial charge in [0.25, 0.3) is 0 Å². The minimum atomic E-state index is 0.283. The molecule has 0 unspecified atom stereocenters. The molecule has 1 fully saturated rings. The first-order valence-electron chi connectivity index (χ1n) is 8.06. The summed E-state index contributed by atoms with van der Waals surface area (Å²) in [6.45, 7) is 3.32. The summed E-state index contributed by atoms with van der Waals surface area (Å²) in [6, 6.07) is 11.2. The SMILES string of the molecule is O=C1C=C(NC2CCN(Cc3ccccc3)CC2)CCC1. The summed E-state index contributed by atoms with van der Waals surface area (Å²) in [5.41, 5.74) is 2.55. The molecule has 0 bridgehead atoms. The number of carbonyl (C=O) groups excluding carboxylic acids is 1. The second-order valence-corrected chi connectivity index (χ2v) is 6.17. The van der Waals surface area contributed by atoms with Gasteiger partial charge in [-0.25, -0.2) is 0 Å². The molecule has 0 atom stereocenters. The van der Waals surface area contributed by atoms with Crippen molar-refractivity contribution in [1.29, 1.82) is 0 Å². The normalized spacial score (nSPS) is 21.1. The molecule has 112 valence electrons. The summed E-state index contributed by atoms with van der Waals surface area (Å²) in [6.07, 6.45) is 6.91. The highest BCUT2D eigenvalue weighted by atomic mass is 16.1. The summed E-state index contributed by atoms with van der Waals surface area (Å²) in [5.74, 6) is 0.283. The van der Waals surface area contributed by atoms with Crippen LogP contribution in [-0.2, 0) is 11.3 Å². The minimum absolute atomic E-state index is 0.283. The van der Waals surface area contributed by atoms with E-state index in [1.165, 1.54) is 18.4 Å². The van der Waals surface area contributed by atoms with Gasteiger partial charge in [0, 0.05) is 43.9 Å². The Hall–Kier alpha value is -1.61. The third-order valence-corrected chi connectivity index (χ3v) is 4.43. The van der Waals surface area contributed by atoms with Crippen LogP contribution in [0.3, 0.4) is 0 Å². The summed E-state index contributed by atoms with van der Waals surface area (Å²) < 4.78 is 0. The van der Waals surface area contributed by atoms with Gasteiger partial charge in [-0.1, -0.05) is 30.3 Å². The quantitative estimate of drug-likeness (QED) is 0.922. The van der Waals surface area contributed by atoms with Crippen LogP contribution in [0.25, 0.3) is 0 Å². The maximum atomic E-state index is 11.4. The Morgan fingerprint density at radius 3 is 2.57 bits per heavy atom.